The van der Waals surface area contributed by atoms with Crippen molar-refractivity contribution in [3.8, 4) is 0 Å². The second-order valence-corrected chi connectivity index (χ2v) is 8.72. The molecule has 0 unspecified atom stereocenters. The molecule has 31 heavy (non-hydrogen) atoms. The predicted octanol–water partition coefficient (Wildman–Crippen LogP) is 6.68. The molecular formula is C26H26ClFN2O. The van der Waals surface area contributed by atoms with E-state index in [9.17, 15) is 9.18 Å². The van der Waals surface area contributed by atoms with Crippen LogP contribution >= 0.6 is 11.6 Å². The molecule has 1 saturated carbocycles. The van der Waals surface area contributed by atoms with Crippen molar-refractivity contribution in [3.63, 3.8) is 0 Å². The van der Waals surface area contributed by atoms with E-state index in [0.717, 1.165) is 43.0 Å². The molecule has 3 aromatic rings. The van der Waals surface area contributed by atoms with Gasteiger partial charge in [-0.2, -0.15) is 0 Å². The molecule has 160 valence electrons. The molecule has 0 spiro atoms. The Labute approximate surface area is 187 Å². The molecule has 1 fully saturated rings. The summed E-state index contributed by atoms with van der Waals surface area (Å²) < 4.78 is 13.8. The van der Waals surface area contributed by atoms with Crippen LogP contribution in [0.3, 0.4) is 0 Å². The van der Waals surface area contributed by atoms with Crippen molar-refractivity contribution in [1.29, 1.82) is 0 Å². The summed E-state index contributed by atoms with van der Waals surface area (Å²) in [5.41, 5.74) is 2.62. The second kappa shape index (κ2) is 9.61. The zero-order valence-corrected chi connectivity index (χ0v) is 18.1. The Hall–Kier alpha value is -2.72. The van der Waals surface area contributed by atoms with E-state index in [1.165, 1.54) is 11.6 Å². The molecule has 1 aliphatic carbocycles. The van der Waals surface area contributed by atoms with Crippen molar-refractivity contribution in [2.45, 2.75) is 44.1 Å². The maximum atomic E-state index is 13.8. The lowest BCUT2D eigenvalue weighted by molar-refractivity contribution is 0.0912. The first-order chi connectivity index (χ1) is 15.0. The summed E-state index contributed by atoms with van der Waals surface area (Å²) in [6, 6.07) is 13.8. The number of hydrogen-bond acceptors (Lipinski definition) is 2. The lowest BCUT2D eigenvalue weighted by Crippen LogP contribution is -2.41. The van der Waals surface area contributed by atoms with Gasteiger partial charge >= 0.3 is 0 Å². The molecule has 4 rings (SSSR count). The average Bonchev–Trinajstić information content (AvgIpc) is 2.79. The van der Waals surface area contributed by atoms with E-state index in [4.69, 9.17) is 11.6 Å². The van der Waals surface area contributed by atoms with Crippen LogP contribution in [0.5, 0.6) is 0 Å². The van der Waals surface area contributed by atoms with E-state index in [1.54, 1.807) is 36.4 Å². The van der Waals surface area contributed by atoms with E-state index < -0.39 is 0 Å². The molecule has 1 amide bonds. The number of amides is 1. The minimum Gasteiger partial charge on any atom is -0.349 e. The first-order valence-corrected chi connectivity index (χ1v) is 11.1. The number of benzene rings is 2. The van der Waals surface area contributed by atoms with Crippen molar-refractivity contribution >= 4 is 28.4 Å². The number of halogens is 2. The SMILES string of the molecule is C=CC[C@@H](NC(=O)c1ccc(Cl)cc1)[C@H]1CC[C@H](c2ccnc3ccc(F)cc32)CC1. The standard InChI is InChI=1S/C26H26ClFN2O/c1-2-3-24(30-26(31)19-8-10-20(27)11-9-19)18-6-4-17(5-7-18)22-14-15-29-25-13-12-21(28)16-23(22)25/h2,8-18,24H,1,3-7H2,(H,30,31)/t17-,18-,24-/m1/s1. The van der Waals surface area contributed by atoms with Gasteiger partial charge in [0.2, 0.25) is 0 Å². The first-order valence-electron chi connectivity index (χ1n) is 10.8. The molecule has 1 N–H and O–H groups in total. The zero-order chi connectivity index (χ0) is 21.8. The Bertz CT molecular complexity index is 1070. The van der Waals surface area contributed by atoms with Crippen LogP contribution in [0.15, 0.2) is 67.4 Å². The fourth-order valence-electron chi connectivity index (χ4n) is 4.73. The molecule has 1 aromatic heterocycles. The normalized spacial score (nSPS) is 19.7. The molecule has 0 saturated heterocycles. The van der Waals surface area contributed by atoms with Crippen molar-refractivity contribution in [1.82, 2.24) is 10.3 Å². The monoisotopic (exact) mass is 436 g/mol. The Morgan fingerprint density at radius 1 is 1.16 bits per heavy atom. The number of rotatable bonds is 6. The van der Waals surface area contributed by atoms with E-state index >= 15 is 0 Å². The summed E-state index contributed by atoms with van der Waals surface area (Å²) in [5.74, 6) is 0.447. The third-order valence-electron chi connectivity index (χ3n) is 6.36. The molecule has 0 radical (unpaired) electrons. The highest BCUT2D eigenvalue weighted by atomic mass is 35.5. The number of pyridine rings is 1. The van der Waals surface area contributed by atoms with Gasteiger partial charge in [-0.05, 0) is 98.0 Å². The van der Waals surface area contributed by atoms with Crippen molar-refractivity contribution in [2.24, 2.45) is 5.92 Å². The highest BCUT2D eigenvalue weighted by Crippen LogP contribution is 2.40. The Balaban J connectivity index is 1.45. The fraction of sp³-hybridized carbons (Fsp3) is 0.308. The van der Waals surface area contributed by atoms with Crippen LogP contribution in [-0.4, -0.2) is 16.9 Å². The van der Waals surface area contributed by atoms with Gasteiger partial charge < -0.3 is 5.32 Å². The largest absolute Gasteiger partial charge is 0.349 e. The smallest absolute Gasteiger partial charge is 0.251 e. The molecule has 2 aromatic carbocycles. The van der Waals surface area contributed by atoms with E-state index in [1.807, 2.05) is 18.3 Å². The lowest BCUT2D eigenvalue weighted by Gasteiger charge is -2.34. The topological polar surface area (TPSA) is 42.0 Å². The van der Waals surface area contributed by atoms with Crippen LogP contribution < -0.4 is 5.32 Å². The molecular weight excluding hydrogens is 411 g/mol. The quantitative estimate of drug-likeness (QED) is 0.438. The maximum Gasteiger partial charge on any atom is 0.251 e. The zero-order valence-electron chi connectivity index (χ0n) is 17.4. The van der Waals surface area contributed by atoms with Crippen molar-refractivity contribution in [3.05, 3.63) is 89.3 Å². The van der Waals surface area contributed by atoms with E-state index in [-0.39, 0.29) is 17.8 Å². The number of hydrogen-bond donors (Lipinski definition) is 1. The summed E-state index contributed by atoms with van der Waals surface area (Å²) in [7, 11) is 0. The van der Waals surface area contributed by atoms with Gasteiger partial charge in [-0.25, -0.2) is 4.39 Å². The lowest BCUT2D eigenvalue weighted by atomic mass is 9.74. The minimum atomic E-state index is -0.230. The molecule has 5 heteroatoms. The van der Waals surface area contributed by atoms with Gasteiger partial charge in [0, 0.05) is 28.2 Å². The number of fused-ring (bicyclic) bond motifs is 1. The van der Waals surface area contributed by atoms with Crippen LogP contribution in [0.4, 0.5) is 4.39 Å². The number of aromatic nitrogens is 1. The van der Waals surface area contributed by atoms with Gasteiger partial charge in [-0.1, -0.05) is 17.7 Å². The van der Waals surface area contributed by atoms with Crippen LogP contribution in [-0.2, 0) is 0 Å². The number of nitrogens with one attached hydrogen (secondary N) is 1. The van der Waals surface area contributed by atoms with Crippen LogP contribution in [0.1, 0.15) is 53.9 Å². The Morgan fingerprint density at radius 3 is 2.61 bits per heavy atom. The Kier molecular flexibility index (Phi) is 6.67. The minimum absolute atomic E-state index is 0.0493. The van der Waals surface area contributed by atoms with Gasteiger partial charge in [0.1, 0.15) is 5.82 Å². The summed E-state index contributed by atoms with van der Waals surface area (Å²) in [5, 5.41) is 4.72. The summed E-state index contributed by atoms with van der Waals surface area (Å²) in [6.45, 7) is 3.88. The summed E-state index contributed by atoms with van der Waals surface area (Å²) in [6.07, 6.45) is 8.44. The van der Waals surface area contributed by atoms with Gasteiger partial charge in [0.25, 0.3) is 5.91 Å². The number of nitrogens with zero attached hydrogens (tertiary/aromatic N) is 1. The highest BCUT2D eigenvalue weighted by molar-refractivity contribution is 6.30. The van der Waals surface area contributed by atoms with Crippen molar-refractivity contribution in [2.75, 3.05) is 0 Å². The summed E-state index contributed by atoms with van der Waals surface area (Å²) >= 11 is 5.93. The van der Waals surface area contributed by atoms with Gasteiger partial charge in [0.15, 0.2) is 0 Å². The molecule has 1 heterocycles. The van der Waals surface area contributed by atoms with Gasteiger partial charge in [0.05, 0.1) is 5.52 Å². The second-order valence-electron chi connectivity index (χ2n) is 8.28. The van der Waals surface area contributed by atoms with E-state index in [2.05, 4.69) is 16.9 Å². The average molecular weight is 437 g/mol. The van der Waals surface area contributed by atoms with Crippen LogP contribution in [0, 0.1) is 11.7 Å². The predicted molar refractivity (Wildman–Crippen MR) is 124 cm³/mol. The fourth-order valence-corrected chi connectivity index (χ4v) is 4.86. The first kappa shape index (κ1) is 21.5. The molecule has 0 bridgehead atoms. The van der Waals surface area contributed by atoms with E-state index in [0.29, 0.717) is 22.4 Å². The molecule has 3 nitrogen and oxygen atoms in total. The maximum absolute atomic E-state index is 13.8. The third-order valence-corrected chi connectivity index (χ3v) is 6.61. The molecule has 0 aliphatic heterocycles. The number of carbonyl (C=O) groups excluding carboxylic acids is 1. The summed E-state index contributed by atoms with van der Waals surface area (Å²) in [4.78, 5) is 17.1. The highest BCUT2D eigenvalue weighted by Gasteiger charge is 2.29. The molecule has 1 atom stereocenters. The van der Waals surface area contributed by atoms with Crippen LogP contribution in [0.2, 0.25) is 5.02 Å². The molecule has 1 aliphatic rings. The number of carbonyl (C=O) groups is 1. The van der Waals surface area contributed by atoms with Gasteiger partial charge in [-0.3, -0.25) is 9.78 Å². The van der Waals surface area contributed by atoms with Crippen LogP contribution in [0.25, 0.3) is 10.9 Å². The van der Waals surface area contributed by atoms with Gasteiger partial charge in [-0.15, -0.1) is 6.58 Å². The third kappa shape index (κ3) is 4.96. The van der Waals surface area contributed by atoms with Crippen molar-refractivity contribution < 1.29 is 9.18 Å². The Morgan fingerprint density at radius 2 is 1.90 bits per heavy atom.